The number of carbonyl (C=O) groups is 1. The molecule has 0 radical (unpaired) electrons. The van der Waals surface area contributed by atoms with Gasteiger partial charge in [-0.15, -0.1) is 0 Å². The van der Waals surface area contributed by atoms with Crippen LogP contribution in [0, 0.1) is 0 Å². The van der Waals surface area contributed by atoms with Crippen molar-refractivity contribution in [3.05, 3.63) is 12.2 Å². The van der Waals surface area contributed by atoms with E-state index in [2.05, 4.69) is 38.1 Å². The molecule has 0 spiro atoms. The second-order valence-electron chi connectivity index (χ2n) is 9.69. The van der Waals surface area contributed by atoms with E-state index >= 15 is 0 Å². The number of hydrogen-bond donors (Lipinski definition) is 1. The second kappa shape index (κ2) is 23.8. The monoisotopic (exact) mass is 437 g/mol. The molecule has 0 bridgehead atoms. The van der Waals surface area contributed by atoms with Crippen LogP contribution >= 0.6 is 0 Å². The number of allylic oxidation sites excluding steroid dienone is 2. The van der Waals surface area contributed by atoms with E-state index in [0.29, 0.717) is 6.42 Å². The zero-order chi connectivity index (χ0) is 23.0. The van der Waals surface area contributed by atoms with Gasteiger partial charge in [-0.3, -0.25) is 4.79 Å². The number of aliphatic carboxylic acids is 1. The zero-order valence-corrected chi connectivity index (χ0v) is 21.4. The molecule has 184 valence electrons. The van der Waals surface area contributed by atoms with Crippen LogP contribution in [0.4, 0.5) is 0 Å². The average Bonchev–Trinajstić information content (AvgIpc) is 2.73. The highest BCUT2D eigenvalue weighted by Crippen LogP contribution is 2.17. The topological polar surface area (TPSA) is 40.5 Å². The summed E-state index contributed by atoms with van der Waals surface area (Å²) < 4.78 is 0. The van der Waals surface area contributed by atoms with Crippen LogP contribution in [0.3, 0.4) is 0 Å². The fraction of sp³-hybridized carbons (Fsp3) is 0.893. The predicted octanol–water partition coefficient (Wildman–Crippen LogP) is 8.77. The van der Waals surface area contributed by atoms with Gasteiger partial charge in [-0.2, -0.15) is 0 Å². The van der Waals surface area contributed by atoms with Crippen molar-refractivity contribution in [3.63, 3.8) is 0 Å². The van der Waals surface area contributed by atoms with Gasteiger partial charge in [-0.05, 0) is 59.0 Å². The van der Waals surface area contributed by atoms with E-state index in [0.717, 1.165) is 31.7 Å². The lowest BCUT2D eigenvalue weighted by Crippen LogP contribution is -2.27. The van der Waals surface area contributed by atoms with Crippen LogP contribution in [0.1, 0.15) is 142 Å². The largest absolute Gasteiger partial charge is 0.481 e. The maximum atomic E-state index is 10.4. The lowest BCUT2D eigenvalue weighted by Gasteiger charge is -2.24. The molecule has 1 N–H and O–H groups in total. The number of carboxylic acids is 1. The van der Waals surface area contributed by atoms with Crippen molar-refractivity contribution in [3.8, 4) is 0 Å². The summed E-state index contributed by atoms with van der Waals surface area (Å²) in [5.41, 5.74) is 0. The molecule has 0 aromatic carbocycles. The lowest BCUT2D eigenvalue weighted by molar-refractivity contribution is -0.137. The third-order valence-corrected chi connectivity index (χ3v) is 6.46. The first-order chi connectivity index (χ1) is 15.1. The number of unbranched alkanes of at least 4 members (excludes halogenated alkanes) is 15. The van der Waals surface area contributed by atoms with E-state index in [4.69, 9.17) is 5.11 Å². The number of hydrogen-bond acceptors (Lipinski definition) is 2. The molecule has 0 aromatic heterocycles. The van der Waals surface area contributed by atoms with Gasteiger partial charge in [0.1, 0.15) is 0 Å². The molecule has 0 fully saturated rings. The third-order valence-electron chi connectivity index (χ3n) is 6.46. The molecule has 0 aliphatic carbocycles. The minimum Gasteiger partial charge on any atom is -0.481 e. The van der Waals surface area contributed by atoms with Crippen LogP contribution in [0.5, 0.6) is 0 Å². The maximum absolute atomic E-state index is 10.4. The quantitative estimate of drug-likeness (QED) is 0.121. The van der Waals surface area contributed by atoms with Crippen molar-refractivity contribution >= 4 is 5.97 Å². The van der Waals surface area contributed by atoms with Crippen molar-refractivity contribution in [1.82, 2.24) is 4.90 Å². The molecule has 0 saturated heterocycles. The van der Waals surface area contributed by atoms with Gasteiger partial charge in [0, 0.05) is 12.5 Å². The first kappa shape index (κ1) is 30.2. The lowest BCUT2D eigenvalue weighted by atomic mass is 9.99. The van der Waals surface area contributed by atoms with Gasteiger partial charge >= 0.3 is 5.97 Å². The standard InChI is InChI=1S/C28H55NO2/c1-4-5-6-7-15-18-21-24-27(29(2)3)25-22-19-16-13-11-9-8-10-12-14-17-20-23-26-28(30)31/h10,12,27H,4-9,11,13-26H2,1-3H3,(H,30,31)/b12-10-. The van der Waals surface area contributed by atoms with Gasteiger partial charge in [0.25, 0.3) is 0 Å². The highest BCUT2D eigenvalue weighted by atomic mass is 16.4. The normalized spacial score (nSPS) is 12.8. The molecular formula is C28H55NO2. The third kappa shape index (κ3) is 23.7. The Labute approximate surface area is 195 Å². The summed E-state index contributed by atoms with van der Waals surface area (Å²) in [4.78, 5) is 12.9. The van der Waals surface area contributed by atoms with Gasteiger partial charge in [-0.1, -0.05) is 103 Å². The first-order valence-corrected chi connectivity index (χ1v) is 13.6. The van der Waals surface area contributed by atoms with Gasteiger partial charge in [0.15, 0.2) is 0 Å². The number of nitrogens with zero attached hydrogens (tertiary/aromatic N) is 1. The zero-order valence-electron chi connectivity index (χ0n) is 21.4. The van der Waals surface area contributed by atoms with E-state index < -0.39 is 5.97 Å². The summed E-state index contributed by atoms with van der Waals surface area (Å²) in [6.45, 7) is 2.29. The van der Waals surface area contributed by atoms with Crippen LogP contribution in [0.2, 0.25) is 0 Å². The molecule has 0 rings (SSSR count). The second-order valence-corrected chi connectivity index (χ2v) is 9.69. The van der Waals surface area contributed by atoms with Crippen LogP contribution < -0.4 is 0 Å². The predicted molar refractivity (Wildman–Crippen MR) is 137 cm³/mol. The number of carboxylic acid groups (broad SMARTS) is 1. The molecule has 0 amide bonds. The van der Waals surface area contributed by atoms with Gasteiger partial charge in [0.05, 0.1) is 0 Å². The van der Waals surface area contributed by atoms with E-state index in [1.165, 1.54) is 103 Å². The van der Waals surface area contributed by atoms with E-state index in [-0.39, 0.29) is 0 Å². The molecule has 0 aliphatic heterocycles. The molecule has 1 unspecified atom stereocenters. The minimum atomic E-state index is -0.670. The Morgan fingerprint density at radius 1 is 0.677 bits per heavy atom. The Morgan fingerprint density at radius 2 is 1.10 bits per heavy atom. The van der Waals surface area contributed by atoms with Crippen molar-refractivity contribution in [2.24, 2.45) is 0 Å². The molecule has 3 heteroatoms. The van der Waals surface area contributed by atoms with Crippen LogP contribution in [0.25, 0.3) is 0 Å². The van der Waals surface area contributed by atoms with Crippen molar-refractivity contribution in [2.45, 2.75) is 148 Å². The summed E-state index contributed by atoms with van der Waals surface area (Å²) in [6, 6.07) is 0.782. The average molecular weight is 438 g/mol. The SMILES string of the molecule is CCCCCCCCCC(CCCCCCCC/C=C\CCCCCC(=O)O)N(C)C. The van der Waals surface area contributed by atoms with Crippen LogP contribution in [0.15, 0.2) is 12.2 Å². The summed E-state index contributed by atoms with van der Waals surface area (Å²) >= 11 is 0. The first-order valence-electron chi connectivity index (χ1n) is 13.6. The summed E-state index contributed by atoms with van der Waals surface area (Å²) in [7, 11) is 4.52. The Kier molecular flexibility index (Phi) is 23.2. The maximum Gasteiger partial charge on any atom is 0.303 e. The smallest absolute Gasteiger partial charge is 0.303 e. The molecule has 0 heterocycles. The summed E-state index contributed by atoms with van der Waals surface area (Å²) in [6.07, 6.45) is 31.1. The number of rotatable bonds is 24. The molecule has 31 heavy (non-hydrogen) atoms. The van der Waals surface area contributed by atoms with E-state index in [1.807, 2.05) is 0 Å². The molecule has 0 aromatic rings. The van der Waals surface area contributed by atoms with E-state index in [9.17, 15) is 4.79 Å². The fourth-order valence-corrected chi connectivity index (χ4v) is 4.30. The van der Waals surface area contributed by atoms with Crippen molar-refractivity contribution in [1.29, 1.82) is 0 Å². The Morgan fingerprint density at radius 3 is 1.55 bits per heavy atom. The van der Waals surface area contributed by atoms with Crippen LogP contribution in [-0.2, 0) is 4.79 Å². The van der Waals surface area contributed by atoms with Gasteiger partial charge < -0.3 is 10.0 Å². The Bertz CT molecular complexity index is 406. The molecular weight excluding hydrogens is 382 g/mol. The molecule has 3 nitrogen and oxygen atoms in total. The highest BCUT2D eigenvalue weighted by Gasteiger charge is 2.10. The molecule has 0 saturated carbocycles. The fourth-order valence-electron chi connectivity index (χ4n) is 4.30. The minimum absolute atomic E-state index is 0.318. The molecule has 1 atom stereocenters. The van der Waals surface area contributed by atoms with Crippen LogP contribution in [-0.4, -0.2) is 36.1 Å². The Balaban J connectivity index is 3.45. The summed E-state index contributed by atoms with van der Waals surface area (Å²) in [5.74, 6) is -0.670. The van der Waals surface area contributed by atoms with E-state index in [1.54, 1.807) is 0 Å². The van der Waals surface area contributed by atoms with Gasteiger partial charge in [-0.25, -0.2) is 0 Å². The Hall–Kier alpha value is -0.830. The van der Waals surface area contributed by atoms with Crippen molar-refractivity contribution < 1.29 is 9.90 Å². The van der Waals surface area contributed by atoms with Gasteiger partial charge in [0.2, 0.25) is 0 Å². The molecule has 0 aliphatic rings. The highest BCUT2D eigenvalue weighted by molar-refractivity contribution is 5.66. The van der Waals surface area contributed by atoms with Crippen molar-refractivity contribution in [2.75, 3.05) is 14.1 Å². The summed E-state index contributed by atoms with van der Waals surface area (Å²) in [5, 5.41) is 8.60.